The largest absolute Gasteiger partial charge is 0.349 e. The summed E-state index contributed by atoms with van der Waals surface area (Å²) in [6.07, 6.45) is 5.09. The van der Waals surface area contributed by atoms with Crippen LogP contribution in [0, 0.1) is 5.92 Å². The average molecular weight is 361 g/mol. The van der Waals surface area contributed by atoms with Gasteiger partial charge in [-0.1, -0.05) is 6.92 Å². The van der Waals surface area contributed by atoms with Gasteiger partial charge in [-0.3, -0.25) is 9.59 Å². The second-order valence-corrected chi connectivity index (χ2v) is 7.90. The number of likely N-dealkylation sites (N-methyl/N-ethyl adjacent to an activating group) is 1. The number of aromatic nitrogens is 2. The van der Waals surface area contributed by atoms with E-state index in [0.29, 0.717) is 24.0 Å². The number of nitrogens with one attached hydrogen (secondary N) is 1. The molecule has 1 aromatic rings. The Morgan fingerprint density at radius 3 is 2.77 bits per heavy atom. The van der Waals surface area contributed by atoms with Crippen LogP contribution < -0.4 is 5.32 Å². The van der Waals surface area contributed by atoms with Gasteiger partial charge in [0.05, 0.1) is 5.69 Å². The van der Waals surface area contributed by atoms with Gasteiger partial charge in [-0.2, -0.15) is 0 Å². The molecule has 0 radical (unpaired) electrons. The Morgan fingerprint density at radius 2 is 2.04 bits per heavy atom. The van der Waals surface area contributed by atoms with Crippen LogP contribution in [0.25, 0.3) is 0 Å². The Kier molecular flexibility index (Phi) is 5.96. The molecule has 1 atom stereocenters. The lowest BCUT2D eigenvalue weighted by Gasteiger charge is -2.31. The summed E-state index contributed by atoms with van der Waals surface area (Å²) in [4.78, 5) is 34.2. The molecule has 26 heavy (non-hydrogen) atoms. The highest BCUT2D eigenvalue weighted by Gasteiger charge is 2.31. The van der Waals surface area contributed by atoms with E-state index >= 15 is 0 Å². The van der Waals surface area contributed by atoms with E-state index in [9.17, 15) is 9.59 Å². The summed E-state index contributed by atoms with van der Waals surface area (Å²) in [5.74, 6) is 0.791. The van der Waals surface area contributed by atoms with Crippen molar-refractivity contribution in [3.8, 4) is 0 Å². The third-order valence-electron chi connectivity index (χ3n) is 5.31. The quantitative estimate of drug-likeness (QED) is 0.860. The molecule has 144 valence electrons. The van der Waals surface area contributed by atoms with Crippen molar-refractivity contribution >= 4 is 11.8 Å². The van der Waals surface area contributed by atoms with Crippen LogP contribution in [0.1, 0.15) is 59.4 Å². The van der Waals surface area contributed by atoms with Crippen molar-refractivity contribution in [3.05, 3.63) is 17.2 Å². The lowest BCUT2D eigenvalue weighted by Crippen LogP contribution is -2.40. The van der Waals surface area contributed by atoms with Crippen LogP contribution in [-0.4, -0.2) is 71.4 Å². The highest BCUT2D eigenvalue weighted by molar-refractivity contribution is 5.97. The maximum absolute atomic E-state index is 13.1. The molecule has 7 nitrogen and oxygen atoms in total. The smallest absolute Gasteiger partial charge is 0.289 e. The van der Waals surface area contributed by atoms with Crippen LogP contribution in [0.15, 0.2) is 0 Å². The molecule has 0 aromatic carbocycles. The van der Waals surface area contributed by atoms with Gasteiger partial charge in [0.2, 0.25) is 0 Å². The van der Waals surface area contributed by atoms with Crippen LogP contribution in [0.2, 0.25) is 0 Å². The van der Waals surface area contributed by atoms with Crippen LogP contribution in [0.5, 0.6) is 0 Å². The Hall–Kier alpha value is -1.89. The van der Waals surface area contributed by atoms with Crippen molar-refractivity contribution in [2.45, 2.75) is 45.6 Å². The van der Waals surface area contributed by atoms with E-state index in [1.165, 1.54) is 6.42 Å². The van der Waals surface area contributed by atoms with Gasteiger partial charge < -0.3 is 19.7 Å². The van der Waals surface area contributed by atoms with Gasteiger partial charge in [0.25, 0.3) is 11.8 Å². The summed E-state index contributed by atoms with van der Waals surface area (Å²) < 4.78 is 1.99. The summed E-state index contributed by atoms with van der Waals surface area (Å²) in [6.45, 7) is 5.88. The zero-order chi connectivity index (χ0) is 18.7. The second kappa shape index (κ2) is 8.20. The van der Waals surface area contributed by atoms with E-state index in [-0.39, 0.29) is 11.8 Å². The molecule has 2 aliphatic rings. The van der Waals surface area contributed by atoms with Gasteiger partial charge in [-0.05, 0) is 52.1 Å². The zero-order valence-corrected chi connectivity index (χ0v) is 16.3. The third-order valence-corrected chi connectivity index (χ3v) is 5.31. The Labute approximate surface area is 155 Å². The van der Waals surface area contributed by atoms with Crippen molar-refractivity contribution in [1.29, 1.82) is 0 Å². The molecule has 1 fully saturated rings. The minimum Gasteiger partial charge on any atom is -0.349 e. The molecular weight excluding hydrogens is 330 g/mol. The van der Waals surface area contributed by atoms with Gasteiger partial charge in [0, 0.05) is 32.7 Å². The molecule has 1 N–H and O–H groups in total. The van der Waals surface area contributed by atoms with Crippen LogP contribution >= 0.6 is 0 Å². The summed E-state index contributed by atoms with van der Waals surface area (Å²) in [7, 11) is 3.95. The van der Waals surface area contributed by atoms with Crippen molar-refractivity contribution in [2.75, 3.05) is 40.3 Å². The lowest BCUT2D eigenvalue weighted by atomic mass is 10.0. The average Bonchev–Trinajstić information content (AvgIpc) is 3.00. The predicted octanol–water partition coefficient (Wildman–Crippen LogP) is 1.38. The molecule has 3 heterocycles. The minimum absolute atomic E-state index is 0.0213. The number of piperidine rings is 1. The number of imidazole rings is 1. The van der Waals surface area contributed by atoms with Crippen molar-refractivity contribution < 1.29 is 9.59 Å². The van der Waals surface area contributed by atoms with Gasteiger partial charge in [-0.25, -0.2) is 4.98 Å². The fourth-order valence-corrected chi connectivity index (χ4v) is 3.88. The fourth-order valence-electron chi connectivity index (χ4n) is 3.88. The fraction of sp³-hybridized carbons (Fsp3) is 0.737. The molecule has 0 aliphatic carbocycles. The number of hydrogen-bond donors (Lipinski definition) is 1. The molecule has 1 unspecified atom stereocenters. The molecule has 0 bridgehead atoms. The van der Waals surface area contributed by atoms with Gasteiger partial charge in [0.15, 0.2) is 5.82 Å². The standard InChI is InChI=1S/C19H31N5O2/c1-14-7-6-10-23(13-14)19(26)17-21-16(15-8-4-5-11-24(15)17)18(25)20-9-12-22(2)3/h14H,4-13H2,1-3H3,(H,20,25). The molecule has 1 saturated heterocycles. The zero-order valence-electron chi connectivity index (χ0n) is 16.3. The van der Waals surface area contributed by atoms with Crippen molar-refractivity contribution in [2.24, 2.45) is 5.92 Å². The lowest BCUT2D eigenvalue weighted by molar-refractivity contribution is 0.0664. The highest BCUT2D eigenvalue weighted by Crippen LogP contribution is 2.24. The molecule has 0 spiro atoms. The summed E-state index contributed by atoms with van der Waals surface area (Å²) in [6, 6.07) is 0. The maximum atomic E-state index is 13.1. The van der Waals surface area contributed by atoms with Crippen molar-refractivity contribution in [1.82, 2.24) is 24.7 Å². The van der Waals surface area contributed by atoms with E-state index in [0.717, 1.165) is 57.6 Å². The first-order valence-electron chi connectivity index (χ1n) is 9.79. The van der Waals surface area contributed by atoms with Gasteiger partial charge in [-0.15, -0.1) is 0 Å². The van der Waals surface area contributed by atoms with Gasteiger partial charge >= 0.3 is 0 Å². The molecular formula is C19H31N5O2. The molecule has 0 saturated carbocycles. The molecule has 1 aromatic heterocycles. The monoisotopic (exact) mass is 361 g/mol. The van der Waals surface area contributed by atoms with E-state index < -0.39 is 0 Å². The number of carbonyl (C=O) groups excluding carboxylic acids is 2. The first-order valence-corrected chi connectivity index (χ1v) is 9.79. The highest BCUT2D eigenvalue weighted by atomic mass is 16.2. The summed E-state index contributed by atoms with van der Waals surface area (Å²) >= 11 is 0. The predicted molar refractivity (Wildman–Crippen MR) is 100 cm³/mol. The first kappa shape index (κ1) is 18.9. The third kappa shape index (κ3) is 4.09. The van der Waals surface area contributed by atoms with Crippen LogP contribution in [0.4, 0.5) is 0 Å². The number of fused-ring (bicyclic) bond motifs is 1. The second-order valence-electron chi connectivity index (χ2n) is 7.90. The number of likely N-dealkylation sites (tertiary alicyclic amines) is 1. The molecule has 2 amide bonds. The summed E-state index contributed by atoms with van der Waals surface area (Å²) in [5, 5.41) is 2.94. The topological polar surface area (TPSA) is 70.5 Å². The molecule has 3 rings (SSSR count). The van der Waals surface area contributed by atoms with Crippen molar-refractivity contribution in [3.63, 3.8) is 0 Å². The molecule has 7 heteroatoms. The van der Waals surface area contributed by atoms with Crippen LogP contribution in [-0.2, 0) is 13.0 Å². The van der Waals surface area contributed by atoms with E-state index in [4.69, 9.17) is 0 Å². The first-order chi connectivity index (χ1) is 12.5. The Morgan fingerprint density at radius 1 is 1.23 bits per heavy atom. The minimum atomic E-state index is -0.163. The Bertz CT molecular complexity index is 667. The van der Waals surface area contributed by atoms with E-state index in [1.807, 2.05) is 28.5 Å². The summed E-state index contributed by atoms with van der Waals surface area (Å²) in [5.41, 5.74) is 1.36. The number of nitrogens with zero attached hydrogens (tertiary/aromatic N) is 4. The van der Waals surface area contributed by atoms with Crippen LogP contribution in [0.3, 0.4) is 0 Å². The number of amides is 2. The van der Waals surface area contributed by atoms with E-state index in [2.05, 4.69) is 17.2 Å². The molecule has 2 aliphatic heterocycles. The number of hydrogen-bond acceptors (Lipinski definition) is 4. The SMILES string of the molecule is CC1CCCN(C(=O)c2nc(C(=O)NCCN(C)C)c3n2CCCC3)C1. The number of rotatable bonds is 5. The number of carbonyl (C=O) groups is 2. The maximum Gasteiger partial charge on any atom is 0.289 e. The normalized spacial score (nSPS) is 20.2. The van der Waals surface area contributed by atoms with Gasteiger partial charge in [0.1, 0.15) is 5.69 Å². The Balaban J connectivity index is 1.81. The van der Waals surface area contributed by atoms with E-state index in [1.54, 1.807) is 0 Å².